The number of rotatable bonds is 8. The van der Waals surface area contributed by atoms with Crippen molar-refractivity contribution in [2.24, 2.45) is 0 Å². The lowest BCUT2D eigenvalue weighted by Crippen LogP contribution is -2.38. The number of carbonyl (C=O) groups is 1. The summed E-state index contributed by atoms with van der Waals surface area (Å²) >= 11 is 0. The van der Waals surface area contributed by atoms with E-state index in [0.717, 1.165) is 16.4 Å². The molecule has 180 valence electrons. The van der Waals surface area contributed by atoms with E-state index in [1.54, 1.807) is 43.3 Å². The Bertz CT molecular complexity index is 1260. The number of nitrogens with one attached hydrogen (secondary N) is 1. The predicted molar refractivity (Wildman–Crippen MR) is 122 cm³/mol. The maximum atomic E-state index is 13.6. The van der Waals surface area contributed by atoms with Gasteiger partial charge in [-0.05, 0) is 42.3 Å². The van der Waals surface area contributed by atoms with Crippen molar-refractivity contribution in [3.8, 4) is 5.75 Å². The zero-order chi connectivity index (χ0) is 24.9. The van der Waals surface area contributed by atoms with Gasteiger partial charge in [0.1, 0.15) is 10.6 Å². The molecule has 0 saturated heterocycles. The Hall–Kier alpha value is -3.37. The van der Waals surface area contributed by atoms with Gasteiger partial charge in [-0.25, -0.2) is 8.42 Å². The van der Waals surface area contributed by atoms with Gasteiger partial charge >= 0.3 is 6.18 Å². The number of ether oxygens (including phenoxy) is 1. The van der Waals surface area contributed by atoms with Gasteiger partial charge in [-0.2, -0.15) is 17.5 Å². The second-order valence-electron chi connectivity index (χ2n) is 7.50. The summed E-state index contributed by atoms with van der Waals surface area (Å²) in [6.45, 7) is 0.829. The summed E-state index contributed by atoms with van der Waals surface area (Å²) in [7, 11) is -2.94. The number of nitrogens with zero attached hydrogens (tertiary/aromatic N) is 1. The van der Waals surface area contributed by atoms with E-state index in [1.165, 1.54) is 31.4 Å². The largest absolute Gasteiger partial charge is 0.495 e. The number of methoxy groups -OCH3 is 1. The lowest BCUT2D eigenvalue weighted by molar-refractivity contribution is -0.137. The molecule has 0 aliphatic heterocycles. The van der Waals surface area contributed by atoms with E-state index in [2.05, 4.69) is 5.32 Å². The molecule has 0 unspecified atom stereocenters. The standard InChI is InChI=1S/C24H23F3N2O4S/c1-17-12-13-21(33-2)22(14-17)34(31,32)29(15-18-8-4-3-5-9-18)16-23(30)28-20-11-7-6-10-19(20)24(25,26)27/h3-14H,15-16H2,1-2H3,(H,28,30). The fraction of sp³-hybridized carbons (Fsp3) is 0.208. The van der Waals surface area contributed by atoms with Gasteiger partial charge in [-0.1, -0.05) is 48.5 Å². The Kier molecular flexibility index (Phi) is 7.63. The van der Waals surface area contributed by atoms with Crippen LogP contribution in [0.25, 0.3) is 0 Å². The van der Waals surface area contributed by atoms with E-state index in [9.17, 15) is 26.4 Å². The summed E-state index contributed by atoms with van der Waals surface area (Å²) in [5, 5.41) is 2.20. The van der Waals surface area contributed by atoms with Crippen molar-refractivity contribution >= 4 is 21.6 Å². The van der Waals surface area contributed by atoms with Crippen molar-refractivity contribution in [2.75, 3.05) is 19.0 Å². The molecule has 6 nitrogen and oxygen atoms in total. The van der Waals surface area contributed by atoms with Crippen LogP contribution >= 0.6 is 0 Å². The molecule has 0 fully saturated rings. The number of hydrogen-bond donors (Lipinski definition) is 1. The first-order valence-corrected chi connectivity index (χ1v) is 11.6. The van der Waals surface area contributed by atoms with Crippen LogP contribution in [0.15, 0.2) is 77.7 Å². The average molecular weight is 493 g/mol. The fourth-order valence-corrected chi connectivity index (χ4v) is 4.95. The first-order valence-electron chi connectivity index (χ1n) is 10.2. The molecule has 3 rings (SSSR count). The number of amides is 1. The summed E-state index contributed by atoms with van der Waals surface area (Å²) in [5.74, 6) is -0.825. The van der Waals surface area contributed by atoms with Crippen LogP contribution in [0.3, 0.4) is 0 Å². The van der Waals surface area contributed by atoms with E-state index in [-0.39, 0.29) is 17.2 Å². The minimum Gasteiger partial charge on any atom is -0.495 e. The molecule has 0 radical (unpaired) electrons. The molecule has 0 aromatic heterocycles. The van der Waals surface area contributed by atoms with Crippen molar-refractivity contribution in [3.05, 3.63) is 89.5 Å². The molecule has 3 aromatic rings. The highest BCUT2D eigenvalue weighted by Crippen LogP contribution is 2.35. The summed E-state index contributed by atoms with van der Waals surface area (Å²) in [5.41, 5.74) is -0.227. The van der Waals surface area contributed by atoms with Crippen LogP contribution in [-0.4, -0.2) is 32.3 Å². The van der Waals surface area contributed by atoms with Crippen LogP contribution < -0.4 is 10.1 Å². The van der Waals surface area contributed by atoms with Crippen molar-refractivity contribution in [3.63, 3.8) is 0 Å². The maximum absolute atomic E-state index is 13.6. The van der Waals surface area contributed by atoms with E-state index < -0.39 is 39.9 Å². The van der Waals surface area contributed by atoms with Gasteiger partial charge < -0.3 is 10.1 Å². The Morgan fingerprint density at radius 3 is 2.29 bits per heavy atom. The van der Waals surface area contributed by atoms with Crippen molar-refractivity contribution in [2.45, 2.75) is 24.5 Å². The molecule has 0 atom stereocenters. The predicted octanol–water partition coefficient (Wildman–Crippen LogP) is 4.85. The van der Waals surface area contributed by atoms with E-state index in [4.69, 9.17) is 4.74 Å². The van der Waals surface area contributed by atoms with Gasteiger partial charge in [0.05, 0.1) is 24.9 Å². The van der Waals surface area contributed by atoms with Gasteiger partial charge in [-0.15, -0.1) is 0 Å². The highest BCUT2D eigenvalue weighted by molar-refractivity contribution is 7.89. The first kappa shape index (κ1) is 25.3. The quantitative estimate of drug-likeness (QED) is 0.488. The van der Waals surface area contributed by atoms with Crippen LogP contribution in [-0.2, 0) is 27.5 Å². The molecule has 10 heteroatoms. The lowest BCUT2D eigenvalue weighted by atomic mass is 10.1. The third-order valence-electron chi connectivity index (χ3n) is 4.97. The first-order chi connectivity index (χ1) is 16.0. The second-order valence-corrected chi connectivity index (χ2v) is 9.41. The number of halogens is 3. The lowest BCUT2D eigenvalue weighted by Gasteiger charge is -2.23. The van der Waals surface area contributed by atoms with Crippen molar-refractivity contribution in [1.29, 1.82) is 0 Å². The smallest absolute Gasteiger partial charge is 0.418 e. The van der Waals surface area contributed by atoms with Crippen LogP contribution in [0.1, 0.15) is 16.7 Å². The minimum atomic E-state index is -4.69. The minimum absolute atomic E-state index is 0.0893. The van der Waals surface area contributed by atoms with Crippen molar-refractivity contribution in [1.82, 2.24) is 4.31 Å². The van der Waals surface area contributed by atoms with Crippen LogP contribution in [0.4, 0.5) is 18.9 Å². The normalized spacial score (nSPS) is 11.9. The highest BCUT2D eigenvalue weighted by atomic mass is 32.2. The summed E-state index contributed by atoms with van der Waals surface area (Å²) in [6.07, 6.45) is -4.69. The molecule has 0 bridgehead atoms. The highest BCUT2D eigenvalue weighted by Gasteiger charge is 2.34. The van der Waals surface area contributed by atoms with Gasteiger partial charge in [-0.3, -0.25) is 4.79 Å². The molecule has 1 amide bonds. The molecule has 0 aliphatic rings. The van der Waals surface area contributed by atoms with Crippen LogP contribution in [0.5, 0.6) is 5.75 Å². The molecule has 0 spiro atoms. The number of para-hydroxylation sites is 1. The number of sulfonamides is 1. The van der Waals surface area contributed by atoms with Crippen LogP contribution in [0.2, 0.25) is 0 Å². The monoisotopic (exact) mass is 492 g/mol. The average Bonchev–Trinajstić information content (AvgIpc) is 2.79. The van der Waals surface area contributed by atoms with E-state index in [1.807, 2.05) is 0 Å². The van der Waals surface area contributed by atoms with E-state index in [0.29, 0.717) is 11.1 Å². The molecule has 3 aromatic carbocycles. The molecule has 1 N–H and O–H groups in total. The third-order valence-corrected chi connectivity index (χ3v) is 6.78. The van der Waals surface area contributed by atoms with Gasteiger partial charge in [0.25, 0.3) is 0 Å². The number of carbonyl (C=O) groups excluding carboxylic acids is 1. The summed E-state index contributed by atoms with van der Waals surface area (Å²) < 4.78 is 73.2. The maximum Gasteiger partial charge on any atom is 0.418 e. The Morgan fingerprint density at radius 2 is 1.65 bits per heavy atom. The summed E-state index contributed by atoms with van der Waals surface area (Å²) in [6, 6.07) is 17.7. The van der Waals surface area contributed by atoms with Crippen molar-refractivity contribution < 1.29 is 31.1 Å². The second kappa shape index (κ2) is 10.3. The van der Waals surface area contributed by atoms with Crippen LogP contribution in [0, 0.1) is 6.92 Å². The molecular weight excluding hydrogens is 469 g/mol. The molecule has 0 saturated carbocycles. The van der Waals surface area contributed by atoms with E-state index >= 15 is 0 Å². The molecule has 34 heavy (non-hydrogen) atoms. The Balaban J connectivity index is 1.96. The topological polar surface area (TPSA) is 75.7 Å². The fourth-order valence-electron chi connectivity index (χ4n) is 3.33. The van der Waals surface area contributed by atoms with Gasteiger partial charge in [0, 0.05) is 6.54 Å². The van der Waals surface area contributed by atoms with Gasteiger partial charge in [0.2, 0.25) is 15.9 Å². The zero-order valence-corrected chi connectivity index (χ0v) is 19.3. The third kappa shape index (κ3) is 5.95. The summed E-state index contributed by atoms with van der Waals surface area (Å²) in [4.78, 5) is 12.6. The van der Waals surface area contributed by atoms with Gasteiger partial charge in [0.15, 0.2) is 0 Å². The Labute approximate surface area is 196 Å². The number of aryl methyl sites for hydroxylation is 1. The molecular formula is C24H23F3N2O4S. The number of alkyl halides is 3. The number of benzene rings is 3. The molecule has 0 heterocycles. The zero-order valence-electron chi connectivity index (χ0n) is 18.5. The number of anilines is 1. The molecule has 0 aliphatic carbocycles. The Morgan fingerprint density at radius 1 is 1.00 bits per heavy atom. The number of hydrogen-bond acceptors (Lipinski definition) is 4. The SMILES string of the molecule is COc1ccc(C)cc1S(=O)(=O)N(CC(=O)Nc1ccccc1C(F)(F)F)Cc1ccccc1.